The maximum Gasteiger partial charge on any atom is 0.261 e. The fraction of sp³-hybridized carbons (Fsp3) is 0.219. The molecule has 4 aromatic rings. The van der Waals surface area contributed by atoms with Crippen molar-refractivity contribution >= 4 is 57.9 Å². The van der Waals surface area contributed by atoms with E-state index in [1.54, 1.807) is 49.5 Å². The summed E-state index contributed by atoms with van der Waals surface area (Å²) in [4.78, 5) is 57.4. The summed E-state index contributed by atoms with van der Waals surface area (Å²) in [5.74, 6) is 0.165. The normalized spacial score (nSPS) is 12.6. The zero-order valence-electron chi connectivity index (χ0n) is 24.7. The molecule has 1 heterocycles. The maximum absolute atomic E-state index is 12.2. The van der Waals surface area contributed by atoms with Crippen LogP contribution in [0.3, 0.4) is 0 Å². The molecule has 46 heavy (non-hydrogen) atoms. The van der Waals surface area contributed by atoms with Crippen molar-refractivity contribution in [2.45, 2.75) is 19.4 Å². The van der Waals surface area contributed by atoms with Gasteiger partial charge in [0.2, 0.25) is 5.95 Å². The molecule has 0 atom stereocenters. The van der Waals surface area contributed by atoms with Crippen molar-refractivity contribution in [1.82, 2.24) is 20.6 Å². The second kappa shape index (κ2) is 14.4. The molecule has 6 N–H and O–H groups in total. The van der Waals surface area contributed by atoms with Gasteiger partial charge >= 0.3 is 0 Å². The highest BCUT2D eigenvalue weighted by Crippen LogP contribution is 2.31. The Kier molecular flexibility index (Phi) is 9.89. The number of aromatic nitrogens is 2. The van der Waals surface area contributed by atoms with Gasteiger partial charge in [-0.2, -0.15) is 10.2 Å². The lowest BCUT2D eigenvalue weighted by molar-refractivity contribution is -0.117. The van der Waals surface area contributed by atoms with Crippen LogP contribution in [0.2, 0.25) is 5.02 Å². The first-order valence-corrected chi connectivity index (χ1v) is 14.8. The van der Waals surface area contributed by atoms with Gasteiger partial charge in [0.1, 0.15) is 28.0 Å². The Balaban J connectivity index is 1.14. The molecule has 0 bridgehead atoms. The van der Waals surface area contributed by atoms with Crippen LogP contribution in [0, 0.1) is 17.2 Å². The van der Waals surface area contributed by atoms with Crippen LogP contribution in [-0.2, 0) is 11.3 Å². The van der Waals surface area contributed by atoms with E-state index in [9.17, 15) is 24.4 Å². The molecule has 13 nitrogen and oxygen atoms in total. The van der Waals surface area contributed by atoms with Crippen molar-refractivity contribution in [3.8, 4) is 6.07 Å². The number of carbonyl (C=O) groups is 2. The van der Waals surface area contributed by atoms with Crippen molar-refractivity contribution in [3.05, 3.63) is 103 Å². The number of para-hydroxylation sites is 1. The summed E-state index contributed by atoms with van der Waals surface area (Å²) in [6.07, 6.45) is 5.09. The lowest BCUT2D eigenvalue weighted by atomic mass is 10.1. The number of hydrogen-bond donors (Lipinski definition) is 6. The van der Waals surface area contributed by atoms with Crippen LogP contribution in [0.5, 0.6) is 0 Å². The van der Waals surface area contributed by atoms with Gasteiger partial charge in [-0.3, -0.25) is 19.2 Å². The van der Waals surface area contributed by atoms with Gasteiger partial charge in [-0.15, -0.1) is 0 Å². The fourth-order valence-electron chi connectivity index (χ4n) is 4.44. The van der Waals surface area contributed by atoms with Crippen LogP contribution in [0.4, 0.5) is 34.5 Å². The summed E-state index contributed by atoms with van der Waals surface area (Å²) in [6.45, 7) is 0.663. The highest BCUT2D eigenvalue weighted by Gasteiger charge is 2.22. The third-order valence-corrected chi connectivity index (χ3v) is 7.36. The number of nitrogens with one attached hydrogen (secondary N) is 6. The van der Waals surface area contributed by atoms with E-state index in [0.29, 0.717) is 28.7 Å². The van der Waals surface area contributed by atoms with Crippen LogP contribution >= 0.6 is 11.6 Å². The third kappa shape index (κ3) is 7.66. The predicted octanol–water partition coefficient (Wildman–Crippen LogP) is 3.57. The van der Waals surface area contributed by atoms with Gasteiger partial charge in [-0.1, -0.05) is 41.9 Å². The van der Waals surface area contributed by atoms with Crippen LogP contribution in [-0.4, -0.2) is 41.9 Å². The molecule has 1 aromatic heterocycles. The summed E-state index contributed by atoms with van der Waals surface area (Å²) in [5.41, 5.74) is 1.67. The van der Waals surface area contributed by atoms with E-state index in [0.717, 1.165) is 18.4 Å². The molecule has 2 amide bonds. The Labute approximate surface area is 268 Å². The number of nitriles is 1. The minimum Gasteiger partial charge on any atom is -0.378 e. The SMILES string of the molecule is CNC(=O)c1ccccc1Nc1nc(Nc2ccc(CNc3c(NCCNC(=O)/C(C#N)=C/C4CC4)c(=O)c3=O)cc2)ncc1Cl. The molecule has 1 fully saturated rings. The number of amides is 2. The number of carbonyl (C=O) groups excluding carboxylic acids is 2. The van der Waals surface area contributed by atoms with Gasteiger partial charge in [0.15, 0.2) is 5.82 Å². The van der Waals surface area contributed by atoms with Gasteiger partial charge in [0.25, 0.3) is 22.7 Å². The third-order valence-electron chi connectivity index (χ3n) is 7.09. The zero-order chi connectivity index (χ0) is 32.6. The molecule has 0 spiro atoms. The van der Waals surface area contributed by atoms with Crippen LogP contribution < -0.4 is 42.8 Å². The highest BCUT2D eigenvalue weighted by atomic mass is 35.5. The smallest absolute Gasteiger partial charge is 0.261 e. The van der Waals surface area contributed by atoms with E-state index >= 15 is 0 Å². The van der Waals surface area contributed by atoms with Crippen molar-refractivity contribution in [3.63, 3.8) is 0 Å². The van der Waals surface area contributed by atoms with E-state index in [4.69, 9.17) is 11.6 Å². The van der Waals surface area contributed by atoms with Crippen molar-refractivity contribution in [1.29, 1.82) is 5.26 Å². The summed E-state index contributed by atoms with van der Waals surface area (Å²) >= 11 is 6.32. The number of rotatable bonds is 14. The molecule has 0 saturated heterocycles. The molecular formula is C32H30ClN9O4. The van der Waals surface area contributed by atoms with Gasteiger partial charge in [0, 0.05) is 32.4 Å². The Morgan fingerprint density at radius 1 is 1.00 bits per heavy atom. The molecule has 1 aliphatic carbocycles. The molecule has 0 radical (unpaired) electrons. The van der Waals surface area contributed by atoms with E-state index in [1.807, 2.05) is 18.2 Å². The number of anilines is 6. The van der Waals surface area contributed by atoms with E-state index in [-0.39, 0.29) is 53.5 Å². The van der Waals surface area contributed by atoms with Gasteiger partial charge < -0.3 is 31.9 Å². The van der Waals surface area contributed by atoms with Crippen molar-refractivity contribution < 1.29 is 9.59 Å². The lowest BCUT2D eigenvalue weighted by Gasteiger charge is -2.15. The minimum atomic E-state index is -0.631. The average molecular weight is 640 g/mol. The topological polar surface area (TPSA) is 190 Å². The van der Waals surface area contributed by atoms with Crippen LogP contribution in [0.15, 0.2) is 76.0 Å². The quantitative estimate of drug-likeness (QED) is 0.0512. The standard InChI is InChI=1S/C32H30ClN9O4/c1-35-31(46)22-4-2-3-5-24(22)41-29-23(33)17-39-32(42-29)40-21-10-8-19(9-11-21)16-38-26-25(27(43)28(26)44)36-12-13-37-30(45)20(15-34)14-18-6-7-18/h2-5,8-11,14,17-18,36,38H,6-7,12-13,16H2,1H3,(H,35,46)(H,37,45)(H2,39,40,41,42)/b20-14+. The summed E-state index contributed by atoms with van der Waals surface area (Å²) in [5, 5.41) is 26.8. The second-order valence-electron chi connectivity index (χ2n) is 10.4. The number of halogens is 1. The van der Waals surface area contributed by atoms with E-state index in [1.165, 1.54) is 6.20 Å². The van der Waals surface area contributed by atoms with Gasteiger partial charge in [-0.25, -0.2) is 4.98 Å². The summed E-state index contributed by atoms with van der Waals surface area (Å²) in [6, 6.07) is 16.2. The fourth-order valence-corrected chi connectivity index (χ4v) is 4.58. The molecule has 0 aliphatic heterocycles. The predicted molar refractivity (Wildman–Crippen MR) is 176 cm³/mol. The zero-order valence-corrected chi connectivity index (χ0v) is 25.5. The van der Waals surface area contributed by atoms with Crippen LogP contribution in [0.25, 0.3) is 0 Å². The molecule has 1 saturated carbocycles. The molecule has 0 unspecified atom stereocenters. The molecule has 14 heteroatoms. The first kappa shape index (κ1) is 31.7. The Bertz CT molecular complexity index is 1910. The van der Waals surface area contributed by atoms with Crippen molar-refractivity contribution in [2.24, 2.45) is 5.92 Å². The molecular weight excluding hydrogens is 610 g/mol. The molecule has 5 rings (SSSR count). The van der Waals surface area contributed by atoms with E-state index < -0.39 is 16.8 Å². The summed E-state index contributed by atoms with van der Waals surface area (Å²) in [7, 11) is 1.55. The van der Waals surface area contributed by atoms with Gasteiger partial charge in [0.05, 0.1) is 17.4 Å². The largest absolute Gasteiger partial charge is 0.378 e. The maximum atomic E-state index is 12.2. The molecule has 1 aliphatic rings. The van der Waals surface area contributed by atoms with Crippen molar-refractivity contribution in [2.75, 3.05) is 41.4 Å². The average Bonchev–Trinajstić information content (AvgIpc) is 3.90. The number of hydrogen-bond acceptors (Lipinski definition) is 11. The highest BCUT2D eigenvalue weighted by molar-refractivity contribution is 6.33. The minimum absolute atomic E-state index is 0.0864. The van der Waals surface area contributed by atoms with Crippen LogP contribution in [0.1, 0.15) is 28.8 Å². The Morgan fingerprint density at radius 2 is 1.72 bits per heavy atom. The Morgan fingerprint density at radius 3 is 2.41 bits per heavy atom. The number of nitrogens with zero attached hydrogens (tertiary/aromatic N) is 3. The Hall–Kier alpha value is -5.74. The second-order valence-corrected chi connectivity index (χ2v) is 10.8. The van der Waals surface area contributed by atoms with E-state index in [2.05, 4.69) is 41.9 Å². The van der Waals surface area contributed by atoms with Gasteiger partial charge in [-0.05, 0) is 48.6 Å². The first-order valence-electron chi connectivity index (χ1n) is 14.4. The monoisotopic (exact) mass is 639 g/mol. The lowest BCUT2D eigenvalue weighted by Crippen LogP contribution is -2.39. The number of allylic oxidation sites excluding steroid dienone is 1. The molecule has 234 valence electrons. The number of benzene rings is 2. The summed E-state index contributed by atoms with van der Waals surface area (Å²) < 4.78 is 0. The first-order chi connectivity index (χ1) is 22.3. The molecule has 3 aromatic carbocycles.